The van der Waals surface area contributed by atoms with Crippen molar-refractivity contribution in [3.8, 4) is 0 Å². The average molecular weight is 304 g/mol. The van der Waals surface area contributed by atoms with Gasteiger partial charge in [0.25, 0.3) is 5.91 Å². The van der Waals surface area contributed by atoms with Gasteiger partial charge in [0.15, 0.2) is 0 Å². The first-order valence-electron chi connectivity index (χ1n) is 6.37. The van der Waals surface area contributed by atoms with Gasteiger partial charge in [-0.3, -0.25) is 9.59 Å². The lowest BCUT2D eigenvalue weighted by Gasteiger charge is -2.17. The van der Waals surface area contributed by atoms with Gasteiger partial charge in [0.2, 0.25) is 0 Å². The molecular formula is C15H16N2O3S. The number of para-hydroxylation sites is 1. The molecule has 0 bridgehead atoms. The maximum absolute atomic E-state index is 12.3. The van der Waals surface area contributed by atoms with Crippen molar-refractivity contribution in [1.29, 1.82) is 0 Å². The third-order valence-electron chi connectivity index (χ3n) is 3.00. The highest BCUT2D eigenvalue weighted by Crippen LogP contribution is 2.23. The Labute approximate surface area is 126 Å². The molecule has 1 amide bonds. The highest BCUT2D eigenvalue weighted by Gasteiger charge is 2.21. The number of esters is 1. The largest absolute Gasteiger partial charge is 0.469 e. The van der Waals surface area contributed by atoms with Crippen LogP contribution < -0.4 is 11.1 Å². The summed E-state index contributed by atoms with van der Waals surface area (Å²) < 4.78 is 4.68. The van der Waals surface area contributed by atoms with E-state index in [0.29, 0.717) is 11.3 Å². The monoisotopic (exact) mass is 304 g/mol. The summed E-state index contributed by atoms with van der Waals surface area (Å²) in [4.78, 5) is 24.7. The van der Waals surface area contributed by atoms with E-state index < -0.39 is 6.04 Å². The summed E-state index contributed by atoms with van der Waals surface area (Å²) in [6, 6.07) is 10.1. The number of rotatable bonds is 5. The molecule has 1 aromatic carbocycles. The van der Waals surface area contributed by atoms with Crippen LogP contribution in [0.25, 0.3) is 0 Å². The molecule has 0 fully saturated rings. The lowest BCUT2D eigenvalue weighted by molar-refractivity contribution is -0.141. The van der Waals surface area contributed by atoms with E-state index in [1.165, 1.54) is 18.4 Å². The summed E-state index contributed by atoms with van der Waals surface area (Å²) in [5.41, 5.74) is 6.59. The quantitative estimate of drug-likeness (QED) is 0.656. The number of benzene rings is 1. The summed E-state index contributed by atoms with van der Waals surface area (Å²) in [5.74, 6) is -0.690. The molecule has 2 rings (SSSR count). The molecule has 5 nitrogen and oxygen atoms in total. The third-order valence-corrected chi connectivity index (χ3v) is 3.98. The first kappa shape index (κ1) is 15.1. The van der Waals surface area contributed by atoms with Crippen molar-refractivity contribution in [2.24, 2.45) is 0 Å². The molecule has 0 aliphatic rings. The zero-order valence-corrected chi connectivity index (χ0v) is 12.4. The minimum absolute atomic E-state index is 0.0789. The molecule has 1 aromatic heterocycles. The van der Waals surface area contributed by atoms with Crippen molar-refractivity contribution in [1.82, 2.24) is 5.32 Å². The number of thiophene rings is 1. The molecule has 1 atom stereocenters. The third kappa shape index (κ3) is 3.82. The van der Waals surface area contributed by atoms with Crippen molar-refractivity contribution in [3.63, 3.8) is 0 Å². The number of nitrogens with two attached hydrogens (primary N) is 1. The van der Waals surface area contributed by atoms with Gasteiger partial charge in [0.1, 0.15) is 0 Å². The number of hydrogen-bond acceptors (Lipinski definition) is 5. The predicted octanol–water partition coefficient (Wildman–Crippen LogP) is 2.36. The molecule has 6 heteroatoms. The molecule has 110 valence electrons. The van der Waals surface area contributed by atoms with Gasteiger partial charge in [-0.1, -0.05) is 18.2 Å². The van der Waals surface area contributed by atoms with E-state index in [-0.39, 0.29) is 18.3 Å². The molecule has 0 saturated heterocycles. The van der Waals surface area contributed by atoms with Crippen LogP contribution in [0.15, 0.2) is 41.8 Å². The van der Waals surface area contributed by atoms with E-state index in [0.717, 1.165) is 4.88 Å². The lowest BCUT2D eigenvalue weighted by atomic mass is 10.1. The fraction of sp³-hybridized carbons (Fsp3) is 0.200. The van der Waals surface area contributed by atoms with E-state index in [1.54, 1.807) is 24.3 Å². The molecule has 0 aliphatic heterocycles. The fourth-order valence-electron chi connectivity index (χ4n) is 1.90. The first-order chi connectivity index (χ1) is 10.1. The zero-order valence-electron chi connectivity index (χ0n) is 11.5. The van der Waals surface area contributed by atoms with Crippen LogP contribution in [0.3, 0.4) is 0 Å². The Kier molecular flexibility index (Phi) is 4.94. The molecular weight excluding hydrogens is 288 g/mol. The maximum Gasteiger partial charge on any atom is 0.307 e. The average Bonchev–Trinajstić information content (AvgIpc) is 3.01. The smallest absolute Gasteiger partial charge is 0.307 e. The number of ether oxygens (including phenoxy) is 1. The normalized spacial score (nSPS) is 11.7. The summed E-state index contributed by atoms with van der Waals surface area (Å²) in [6.45, 7) is 0. The number of methoxy groups -OCH3 is 1. The van der Waals surface area contributed by atoms with E-state index in [2.05, 4.69) is 10.1 Å². The topological polar surface area (TPSA) is 81.4 Å². The van der Waals surface area contributed by atoms with Crippen LogP contribution in [0, 0.1) is 0 Å². The van der Waals surface area contributed by atoms with Crippen LogP contribution in [0.1, 0.15) is 27.7 Å². The molecule has 1 heterocycles. The maximum atomic E-state index is 12.3. The van der Waals surface area contributed by atoms with Crippen molar-refractivity contribution >= 4 is 28.9 Å². The van der Waals surface area contributed by atoms with Crippen LogP contribution in [-0.4, -0.2) is 19.0 Å². The molecule has 0 saturated carbocycles. The Hall–Kier alpha value is -2.34. The van der Waals surface area contributed by atoms with E-state index in [1.807, 2.05) is 17.5 Å². The number of carbonyl (C=O) groups excluding carboxylic acids is 2. The highest BCUT2D eigenvalue weighted by molar-refractivity contribution is 7.10. The second-order valence-electron chi connectivity index (χ2n) is 4.41. The number of anilines is 1. The number of hydrogen-bond donors (Lipinski definition) is 2. The molecule has 21 heavy (non-hydrogen) atoms. The molecule has 1 unspecified atom stereocenters. The number of amides is 1. The van der Waals surface area contributed by atoms with Gasteiger partial charge >= 0.3 is 5.97 Å². The van der Waals surface area contributed by atoms with Gasteiger partial charge < -0.3 is 15.8 Å². The number of nitrogen functional groups attached to an aromatic ring is 1. The van der Waals surface area contributed by atoms with Gasteiger partial charge in [0.05, 0.1) is 25.1 Å². The SMILES string of the molecule is COC(=O)CC(NC(=O)c1ccccc1N)c1cccs1. The van der Waals surface area contributed by atoms with Gasteiger partial charge in [-0.05, 0) is 23.6 Å². The first-order valence-corrected chi connectivity index (χ1v) is 7.25. The molecule has 2 aromatic rings. The van der Waals surface area contributed by atoms with Gasteiger partial charge in [-0.15, -0.1) is 11.3 Å². The van der Waals surface area contributed by atoms with E-state index in [4.69, 9.17) is 5.73 Å². The second kappa shape index (κ2) is 6.90. The zero-order chi connectivity index (χ0) is 15.2. The lowest BCUT2D eigenvalue weighted by Crippen LogP contribution is -2.30. The Bertz CT molecular complexity index is 626. The van der Waals surface area contributed by atoms with Crippen molar-refractivity contribution in [2.45, 2.75) is 12.5 Å². The molecule has 3 N–H and O–H groups in total. The van der Waals surface area contributed by atoms with E-state index in [9.17, 15) is 9.59 Å². The second-order valence-corrected chi connectivity index (χ2v) is 5.39. The van der Waals surface area contributed by atoms with Crippen molar-refractivity contribution < 1.29 is 14.3 Å². The Morgan fingerprint density at radius 1 is 1.29 bits per heavy atom. The Morgan fingerprint density at radius 3 is 2.67 bits per heavy atom. The van der Waals surface area contributed by atoms with Crippen LogP contribution in [-0.2, 0) is 9.53 Å². The van der Waals surface area contributed by atoms with Crippen LogP contribution in [0.5, 0.6) is 0 Å². The standard InChI is InChI=1S/C15H16N2O3S/c1-20-14(18)9-12(13-7-4-8-21-13)17-15(19)10-5-2-3-6-11(10)16/h2-8,12H,9,16H2,1H3,(H,17,19). The minimum atomic E-state index is -0.426. The summed E-state index contributed by atoms with van der Waals surface area (Å²) in [5, 5.41) is 4.72. The van der Waals surface area contributed by atoms with Crippen LogP contribution in [0.4, 0.5) is 5.69 Å². The van der Waals surface area contributed by atoms with Crippen LogP contribution in [0.2, 0.25) is 0 Å². The van der Waals surface area contributed by atoms with Crippen molar-refractivity contribution in [3.05, 3.63) is 52.2 Å². The molecule has 0 radical (unpaired) electrons. The Balaban J connectivity index is 2.17. The summed E-state index contributed by atoms with van der Waals surface area (Å²) in [6.07, 6.45) is 0.0789. The van der Waals surface area contributed by atoms with Crippen LogP contribution >= 0.6 is 11.3 Å². The van der Waals surface area contributed by atoms with Gasteiger partial charge in [0, 0.05) is 10.6 Å². The Morgan fingerprint density at radius 2 is 2.05 bits per heavy atom. The highest BCUT2D eigenvalue weighted by atomic mass is 32.1. The van der Waals surface area contributed by atoms with Crippen molar-refractivity contribution in [2.75, 3.05) is 12.8 Å². The summed E-state index contributed by atoms with van der Waals surface area (Å²) in [7, 11) is 1.32. The number of nitrogens with one attached hydrogen (secondary N) is 1. The van der Waals surface area contributed by atoms with E-state index >= 15 is 0 Å². The van der Waals surface area contributed by atoms with Gasteiger partial charge in [-0.2, -0.15) is 0 Å². The fourth-order valence-corrected chi connectivity index (χ4v) is 2.68. The minimum Gasteiger partial charge on any atom is -0.469 e. The van der Waals surface area contributed by atoms with Gasteiger partial charge in [-0.25, -0.2) is 0 Å². The summed E-state index contributed by atoms with van der Waals surface area (Å²) >= 11 is 1.47. The molecule has 0 aliphatic carbocycles. The number of carbonyl (C=O) groups is 2. The predicted molar refractivity (Wildman–Crippen MR) is 82.0 cm³/mol. The molecule has 0 spiro atoms.